The van der Waals surface area contributed by atoms with Crippen LogP contribution in [0.5, 0.6) is 5.75 Å². The Balaban J connectivity index is 1.53. The molecule has 9 nitrogen and oxygen atoms in total. The third-order valence-corrected chi connectivity index (χ3v) is 9.80. The van der Waals surface area contributed by atoms with Gasteiger partial charge in [-0.3, -0.25) is 14.2 Å². The van der Waals surface area contributed by atoms with Crippen molar-refractivity contribution in [3.63, 3.8) is 0 Å². The van der Waals surface area contributed by atoms with Gasteiger partial charge in [-0.15, -0.1) is 11.3 Å². The minimum Gasteiger partial charge on any atom is -0.490 e. The highest BCUT2D eigenvalue weighted by atomic mass is 32.1. The molecule has 1 atom stereocenters. The quantitative estimate of drug-likeness (QED) is 0.129. The second kappa shape index (κ2) is 12.0. The first kappa shape index (κ1) is 30.7. The Morgan fingerprint density at radius 3 is 2.74 bits per heavy atom. The van der Waals surface area contributed by atoms with E-state index in [1.165, 1.54) is 30.6 Å². The number of carbonyl (C=O) groups is 1. The van der Waals surface area contributed by atoms with E-state index < -0.39 is 11.6 Å². The van der Waals surface area contributed by atoms with Crippen LogP contribution in [0.2, 0.25) is 0 Å². The number of nitrogens with zero attached hydrogens (tertiary/aromatic N) is 6. The third kappa shape index (κ3) is 5.17. The van der Waals surface area contributed by atoms with Crippen molar-refractivity contribution < 1.29 is 23.0 Å². The molecule has 1 aliphatic rings. The molecule has 1 aliphatic heterocycles. The molecule has 2 aromatic carbocycles. The van der Waals surface area contributed by atoms with E-state index in [9.17, 15) is 9.18 Å². The molecule has 0 spiro atoms. The number of hydrogen-bond donors (Lipinski definition) is 0. The summed E-state index contributed by atoms with van der Waals surface area (Å²) in [5.74, 6) is -1.66. The summed E-state index contributed by atoms with van der Waals surface area (Å²) < 4.78 is 46.5. The van der Waals surface area contributed by atoms with Gasteiger partial charge < -0.3 is 14.4 Å². The number of halogens is 2. The molecule has 0 fully saturated rings. The van der Waals surface area contributed by atoms with Gasteiger partial charge in [-0.05, 0) is 49.1 Å². The maximum atomic E-state index is 16.2. The third-order valence-electron chi connectivity index (χ3n) is 8.69. The van der Waals surface area contributed by atoms with E-state index in [1.54, 1.807) is 4.90 Å². The fourth-order valence-corrected chi connectivity index (χ4v) is 7.45. The molecule has 0 aliphatic carbocycles. The molecule has 1 amide bonds. The Hall–Kier alpha value is -4.94. The zero-order valence-electron chi connectivity index (χ0n) is 26.4. The highest BCUT2D eigenvalue weighted by Gasteiger charge is 2.32. The molecular weight excluding hydrogens is 622 g/mol. The topological polar surface area (TPSA) is 87.3 Å². The van der Waals surface area contributed by atoms with Gasteiger partial charge in [0.1, 0.15) is 35.4 Å². The van der Waals surface area contributed by atoms with Crippen molar-refractivity contribution in [1.29, 1.82) is 0 Å². The maximum absolute atomic E-state index is 16.2. The molecule has 7 rings (SSSR count). The lowest BCUT2D eigenvalue weighted by Crippen LogP contribution is -2.40. The smallest absolute Gasteiger partial charge is 0.246 e. The fourth-order valence-electron chi connectivity index (χ4n) is 6.38. The molecular formula is C35H32F2N6O3S. The molecule has 12 heteroatoms. The number of aryl methyl sites for hydroxylation is 2. The summed E-state index contributed by atoms with van der Waals surface area (Å²) in [5, 5.41) is 13.1. The van der Waals surface area contributed by atoms with Crippen molar-refractivity contribution in [2.45, 2.75) is 26.4 Å². The Morgan fingerprint density at radius 1 is 1.13 bits per heavy atom. The van der Waals surface area contributed by atoms with Crippen molar-refractivity contribution in [2.24, 2.45) is 7.05 Å². The molecule has 6 aromatic rings. The second-order valence-corrected chi connectivity index (χ2v) is 12.4. The average Bonchev–Trinajstić information content (AvgIpc) is 3.77. The van der Waals surface area contributed by atoms with E-state index in [-0.39, 0.29) is 36.5 Å². The van der Waals surface area contributed by atoms with Crippen molar-refractivity contribution in [3.05, 3.63) is 83.5 Å². The van der Waals surface area contributed by atoms with E-state index >= 15 is 4.39 Å². The molecule has 5 heterocycles. The van der Waals surface area contributed by atoms with Crippen molar-refractivity contribution in [3.8, 4) is 39.5 Å². The largest absolute Gasteiger partial charge is 0.490 e. The first-order valence-corrected chi connectivity index (χ1v) is 16.0. The monoisotopic (exact) mass is 654 g/mol. The van der Waals surface area contributed by atoms with Crippen molar-refractivity contribution in [1.82, 2.24) is 29.4 Å². The van der Waals surface area contributed by atoms with Crippen LogP contribution in [0.25, 0.3) is 54.8 Å². The maximum Gasteiger partial charge on any atom is 0.246 e. The molecule has 0 saturated heterocycles. The lowest BCUT2D eigenvalue weighted by atomic mass is 9.93. The lowest BCUT2D eigenvalue weighted by molar-refractivity contribution is -0.129. The summed E-state index contributed by atoms with van der Waals surface area (Å²) >= 11 is 1.51. The van der Waals surface area contributed by atoms with Crippen LogP contribution in [0.15, 0.2) is 60.6 Å². The van der Waals surface area contributed by atoms with Crippen LogP contribution in [0.3, 0.4) is 0 Å². The first-order valence-electron chi connectivity index (χ1n) is 15.2. The van der Waals surface area contributed by atoms with Crippen LogP contribution in [0.4, 0.5) is 8.78 Å². The number of hydrogen-bond acceptors (Lipinski definition) is 7. The number of amides is 1. The van der Waals surface area contributed by atoms with Crippen LogP contribution in [0, 0.1) is 18.6 Å². The van der Waals surface area contributed by atoms with E-state index in [1.807, 2.05) is 66.1 Å². The summed E-state index contributed by atoms with van der Waals surface area (Å²) in [6.45, 7) is 8.81. The second-order valence-electron chi connectivity index (χ2n) is 11.5. The number of carbonyl (C=O) groups excluding carboxylic acids is 1. The number of aromatic nitrogens is 5. The molecule has 240 valence electrons. The predicted octanol–water partition coefficient (Wildman–Crippen LogP) is 7.08. The zero-order chi connectivity index (χ0) is 33.0. The number of thiophene rings is 1. The fraction of sp³-hybridized carbons (Fsp3) is 0.257. The number of methoxy groups -OCH3 is 1. The van der Waals surface area contributed by atoms with E-state index in [2.05, 4.69) is 11.7 Å². The number of fused-ring (bicyclic) bond motifs is 3. The van der Waals surface area contributed by atoms with Crippen LogP contribution >= 0.6 is 11.3 Å². The van der Waals surface area contributed by atoms with Crippen LogP contribution < -0.4 is 4.74 Å². The minimum absolute atomic E-state index is 0.0409. The molecule has 0 bridgehead atoms. The van der Waals surface area contributed by atoms with Gasteiger partial charge in [0.2, 0.25) is 5.91 Å². The van der Waals surface area contributed by atoms with Gasteiger partial charge in [-0.2, -0.15) is 10.2 Å². The van der Waals surface area contributed by atoms with E-state index in [0.717, 1.165) is 43.9 Å². The normalized spacial score (nSPS) is 14.6. The van der Waals surface area contributed by atoms with Gasteiger partial charge in [0.05, 0.1) is 52.6 Å². The Kier molecular flexibility index (Phi) is 7.85. The van der Waals surface area contributed by atoms with Crippen LogP contribution in [-0.2, 0) is 23.1 Å². The summed E-state index contributed by atoms with van der Waals surface area (Å²) in [5.41, 5.74) is 5.71. The number of ether oxygens (including phenoxy) is 2. The Bertz CT molecular complexity index is 2200. The summed E-state index contributed by atoms with van der Waals surface area (Å²) in [7, 11) is 3.42. The Morgan fingerprint density at radius 2 is 1.96 bits per heavy atom. The first-order chi connectivity index (χ1) is 22.7. The van der Waals surface area contributed by atoms with Gasteiger partial charge in [0.15, 0.2) is 0 Å². The lowest BCUT2D eigenvalue weighted by Gasteiger charge is -2.33. The predicted molar refractivity (Wildman–Crippen MR) is 178 cm³/mol. The van der Waals surface area contributed by atoms with Gasteiger partial charge >= 0.3 is 0 Å². The minimum atomic E-state index is -0.781. The number of rotatable bonds is 8. The molecule has 0 radical (unpaired) electrons. The van der Waals surface area contributed by atoms with Gasteiger partial charge in [-0.25, -0.2) is 13.8 Å². The van der Waals surface area contributed by atoms with Crippen LogP contribution in [-0.4, -0.2) is 62.2 Å². The van der Waals surface area contributed by atoms with Crippen molar-refractivity contribution in [2.75, 3.05) is 26.9 Å². The summed E-state index contributed by atoms with van der Waals surface area (Å²) in [4.78, 5) is 19.6. The van der Waals surface area contributed by atoms with E-state index in [4.69, 9.17) is 19.6 Å². The summed E-state index contributed by atoms with van der Waals surface area (Å²) in [6.07, 6.45) is 3.12. The molecule has 47 heavy (non-hydrogen) atoms. The van der Waals surface area contributed by atoms with Crippen molar-refractivity contribution >= 4 is 38.2 Å². The molecule has 4 aromatic heterocycles. The zero-order valence-corrected chi connectivity index (χ0v) is 27.2. The highest BCUT2D eigenvalue weighted by molar-refractivity contribution is 7.18. The number of benzene rings is 2. The summed E-state index contributed by atoms with van der Waals surface area (Å²) in [6, 6.07) is 9.71. The van der Waals surface area contributed by atoms with Gasteiger partial charge in [-0.1, -0.05) is 12.6 Å². The average molecular weight is 655 g/mol. The van der Waals surface area contributed by atoms with Gasteiger partial charge in [0, 0.05) is 54.7 Å². The molecule has 0 N–H and O–H groups in total. The molecule has 0 unspecified atom stereocenters. The number of pyridine rings is 1. The van der Waals surface area contributed by atoms with Crippen LogP contribution in [0.1, 0.15) is 24.2 Å². The SMILES string of the molecule is C=CC(=O)N1CCn2nc(-c3nc(-c4ccc5c(cnn5C)c4)c4scc(C)c4c3-c3c(F)cc(F)cc3OCCOC)cc2[C@H]1C. The Labute approximate surface area is 273 Å². The standard InChI is InChI=1S/C35H32F2N6O3S/c1-6-29(44)42-9-10-43-27(20(42)3)16-25(40-43)34-32(31-24(37)14-23(36)15-28(31)46-12-11-45-5)30-19(2)18-47-35(30)33(39-34)21-7-8-26-22(13-21)17-38-41(26)4/h6-8,13-18,20H,1,9-12H2,2-5H3/t20-/m1/s1. The highest BCUT2D eigenvalue weighted by Crippen LogP contribution is 2.48. The molecule has 0 saturated carbocycles. The van der Waals surface area contributed by atoms with E-state index in [0.29, 0.717) is 35.7 Å². The van der Waals surface area contributed by atoms with Gasteiger partial charge in [0.25, 0.3) is 0 Å².